The van der Waals surface area contributed by atoms with E-state index in [1.807, 2.05) is 4.90 Å². The quantitative estimate of drug-likeness (QED) is 0.512. The Bertz CT molecular complexity index is 1280. The highest BCUT2D eigenvalue weighted by atomic mass is 19.1. The molecule has 0 unspecified atom stereocenters. The Morgan fingerprint density at radius 3 is 2.94 bits per heavy atom. The fourth-order valence-corrected chi connectivity index (χ4v) is 3.87. The summed E-state index contributed by atoms with van der Waals surface area (Å²) in [5.41, 5.74) is 0.618. The molecule has 4 heterocycles. The summed E-state index contributed by atoms with van der Waals surface area (Å²) in [6, 6.07) is 9.97. The van der Waals surface area contributed by atoms with E-state index in [2.05, 4.69) is 20.4 Å². The number of rotatable bonds is 4. The van der Waals surface area contributed by atoms with Crippen LogP contribution in [0.15, 0.2) is 61.1 Å². The molecule has 1 atom stereocenters. The molecule has 10 heteroatoms. The predicted octanol–water partition coefficient (Wildman–Crippen LogP) is 4.35. The number of halogens is 2. The number of benzene rings is 1. The zero-order chi connectivity index (χ0) is 22.1. The Balaban J connectivity index is 1.42. The molecule has 3 aromatic heterocycles. The van der Waals surface area contributed by atoms with Crippen LogP contribution in [0.25, 0.3) is 5.65 Å². The van der Waals surface area contributed by atoms with Crippen molar-refractivity contribution in [3.63, 3.8) is 0 Å². The zero-order valence-corrected chi connectivity index (χ0v) is 16.8. The van der Waals surface area contributed by atoms with Crippen LogP contribution in [-0.2, 0) is 0 Å². The van der Waals surface area contributed by atoms with Crippen LogP contribution in [0.1, 0.15) is 24.4 Å². The number of hydrogen-bond acceptors (Lipinski definition) is 6. The van der Waals surface area contributed by atoms with Gasteiger partial charge in [0, 0.05) is 24.5 Å². The van der Waals surface area contributed by atoms with Gasteiger partial charge in [0.05, 0.1) is 12.2 Å². The first-order chi connectivity index (χ1) is 15.6. The third kappa shape index (κ3) is 3.82. The van der Waals surface area contributed by atoms with E-state index in [9.17, 15) is 13.6 Å². The Kier molecular flexibility index (Phi) is 5.10. The number of aromatic nitrogens is 4. The van der Waals surface area contributed by atoms with Gasteiger partial charge in [0.25, 0.3) is 0 Å². The second kappa shape index (κ2) is 8.22. The molecule has 0 aliphatic carbocycles. The molecule has 1 amide bonds. The molecule has 162 valence electrons. The molecule has 5 rings (SSSR count). The van der Waals surface area contributed by atoms with E-state index in [-0.39, 0.29) is 11.8 Å². The van der Waals surface area contributed by atoms with E-state index in [0.717, 1.165) is 18.6 Å². The van der Waals surface area contributed by atoms with Gasteiger partial charge in [-0.25, -0.2) is 28.1 Å². The summed E-state index contributed by atoms with van der Waals surface area (Å²) in [4.78, 5) is 22.8. The molecule has 1 N–H and O–H groups in total. The number of ether oxygens (including phenoxy) is 1. The van der Waals surface area contributed by atoms with Crippen molar-refractivity contribution in [3.8, 4) is 5.75 Å². The Morgan fingerprint density at radius 2 is 2.09 bits per heavy atom. The van der Waals surface area contributed by atoms with E-state index >= 15 is 0 Å². The molecular formula is C22H18F2N6O2. The molecule has 4 aromatic rings. The van der Waals surface area contributed by atoms with E-state index in [4.69, 9.17) is 4.74 Å². The predicted molar refractivity (Wildman–Crippen MR) is 113 cm³/mol. The van der Waals surface area contributed by atoms with Crippen LogP contribution in [-0.4, -0.2) is 32.2 Å². The molecule has 0 spiro atoms. The van der Waals surface area contributed by atoms with Crippen molar-refractivity contribution in [2.75, 3.05) is 16.8 Å². The van der Waals surface area contributed by atoms with Crippen molar-refractivity contribution in [2.45, 2.75) is 18.9 Å². The lowest BCUT2D eigenvalue weighted by molar-refractivity contribution is 0.215. The third-order valence-corrected chi connectivity index (χ3v) is 5.28. The van der Waals surface area contributed by atoms with Crippen molar-refractivity contribution < 1.29 is 18.3 Å². The van der Waals surface area contributed by atoms with Gasteiger partial charge >= 0.3 is 6.09 Å². The van der Waals surface area contributed by atoms with Crippen molar-refractivity contribution in [1.82, 2.24) is 19.6 Å². The zero-order valence-electron chi connectivity index (χ0n) is 16.8. The van der Waals surface area contributed by atoms with Gasteiger partial charge in [-0.05, 0) is 49.2 Å². The molecule has 1 saturated heterocycles. The van der Waals surface area contributed by atoms with Gasteiger partial charge in [-0.2, -0.15) is 5.10 Å². The maximum atomic E-state index is 14.4. The molecule has 1 aliphatic rings. The topological polar surface area (TPSA) is 84.6 Å². The number of hydrogen-bond donors (Lipinski definition) is 1. The number of pyridine rings is 1. The SMILES string of the molecule is O=C(Nc1ccccn1)Oc1cnn2ccc(N3CCC[C@@H]3c3cc(F)ccc3F)nc12. The van der Waals surface area contributed by atoms with E-state index in [1.165, 1.54) is 16.8 Å². The average molecular weight is 436 g/mol. The fourth-order valence-electron chi connectivity index (χ4n) is 3.87. The molecule has 1 aromatic carbocycles. The van der Waals surface area contributed by atoms with Crippen LogP contribution in [0.4, 0.5) is 25.2 Å². The standard InChI is InChI=1S/C22H18F2N6O2/c23-14-6-7-16(24)15(12-14)17-4-3-10-29(17)20-8-11-30-21(28-20)18(13-26-30)32-22(31)27-19-5-1-2-9-25-19/h1-2,5-9,11-13,17H,3-4,10H2,(H,25,27,31)/t17-/m1/s1. The van der Waals surface area contributed by atoms with Gasteiger partial charge in [-0.3, -0.25) is 5.32 Å². The van der Waals surface area contributed by atoms with Crippen molar-refractivity contribution >= 4 is 23.4 Å². The Hall–Kier alpha value is -4.08. The second-order valence-corrected chi connectivity index (χ2v) is 7.31. The number of carbonyl (C=O) groups is 1. The van der Waals surface area contributed by atoms with Crippen molar-refractivity contribution in [1.29, 1.82) is 0 Å². The van der Waals surface area contributed by atoms with Crippen LogP contribution in [0.3, 0.4) is 0 Å². The highest BCUT2D eigenvalue weighted by Crippen LogP contribution is 2.37. The monoisotopic (exact) mass is 436 g/mol. The molecule has 0 radical (unpaired) electrons. The lowest BCUT2D eigenvalue weighted by Crippen LogP contribution is -2.24. The Morgan fingerprint density at radius 1 is 1.19 bits per heavy atom. The van der Waals surface area contributed by atoms with Crippen LogP contribution in [0.5, 0.6) is 5.75 Å². The summed E-state index contributed by atoms with van der Waals surface area (Å²) < 4.78 is 35.0. The summed E-state index contributed by atoms with van der Waals surface area (Å²) in [5, 5.41) is 6.68. The Labute approximate surface area is 181 Å². The average Bonchev–Trinajstić information content (AvgIpc) is 3.43. The van der Waals surface area contributed by atoms with Crippen LogP contribution in [0.2, 0.25) is 0 Å². The number of anilines is 2. The smallest absolute Gasteiger partial charge is 0.404 e. The van der Waals surface area contributed by atoms with E-state index < -0.39 is 17.7 Å². The maximum absolute atomic E-state index is 14.4. The number of fused-ring (bicyclic) bond motifs is 1. The molecule has 0 bridgehead atoms. The molecule has 0 saturated carbocycles. The number of amides is 1. The van der Waals surface area contributed by atoms with Gasteiger partial charge in [-0.1, -0.05) is 6.07 Å². The lowest BCUT2D eigenvalue weighted by Gasteiger charge is -2.26. The van der Waals surface area contributed by atoms with Gasteiger partial charge < -0.3 is 9.64 Å². The lowest BCUT2D eigenvalue weighted by atomic mass is 10.0. The number of nitrogens with zero attached hydrogens (tertiary/aromatic N) is 5. The van der Waals surface area contributed by atoms with E-state index in [0.29, 0.717) is 35.8 Å². The van der Waals surface area contributed by atoms with Crippen LogP contribution >= 0.6 is 0 Å². The summed E-state index contributed by atoms with van der Waals surface area (Å²) in [6.07, 6.45) is 5.36. The molecular weight excluding hydrogens is 418 g/mol. The minimum atomic E-state index is -0.730. The van der Waals surface area contributed by atoms with Gasteiger partial charge in [-0.15, -0.1) is 0 Å². The molecule has 32 heavy (non-hydrogen) atoms. The summed E-state index contributed by atoms with van der Waals surface area (Å²) in [5.74, 6) is 0.123. The maximum Gasteiger partial charge on any atom is 0.418 e. The normalized spacial score (nSPS) is 15.8. The molecule has 8 nitrogen and oxygen atoms in total. The first-order valence-electron chi connectivity index (χ1n) is 10.0. The fraction of sp³-hybridized carbons (Fsp3) is 0.182. The summed E-state index contributed by atoms with van der Waals surface area (Å²) >= 11 is 0. The summed E-state index contributed by atoms with van der Waals surface area (Å²) in [7, 11) is 0. The number of carbonyl (C=O) groups excluding carboxylic acids is 1. The minimum absolute atomic E-state index is 0.160. The minimum Gasteiger partial charge on any atom is -0.404 e. The first-order valence-corrected chi connectivity index (χ1v) is 10.0. The van der Waals surface area contributed by atoms with Gasteiger partial charge in [0.1, 0.15) is 23.3 Å². The van der Waals surface area contributed by atoms with E-state index in [1.54, 1.807) is 36.7 Å². The highest BCUT2D eigenvalue weighted by molar-refractivity contribution is 5.86. The second-order valence-electron chi connectivity index (χ2n) is 7.31. The largest absolute Gasteiger partial charge is 0.418 e. The first kappa shape index (κ1) is 19.9. The van der Waals surface area contributed by atoms with Crippen molar-refractivity contribution in [3.05, 3.63) is 78.3 Å². The van der Waals surface area contributed by atoms with Gasteiger partial charge in [0.2, 0.25) is 5.65 Å². The molecule has 1 fully saturated rings. The van der Waals surface area contributed by atoms with Crippen molar-refractivity contribution in [2.24, 2.45) is 0 Å². The van der Waals surface area contributed by atoms with Gasteiger partial charge in [0.15, 0.2) is 5.75 Å². The highest BCUT2D eigenvalue weighted by Gasteiger charge is 2.30. The molecule has 1 aliphatic heterocycles. The van der Waals surface area contributed by atoms with Crippen LogP contribution < -0.4 is 15.0 Å². The van der Waals surface area contributed by atoms with Crippen LogP contribution in [0, 0.1) is 11.6 Å². The summed E-state index contributed by atoms with van der Waals surface area (Å²) in [6.45, 7) is 0.633. The number of nitrogens with one attached hydrogen (secondary N) is 1. The third-order valence-electron chi connectivity index (χ3n) is 5.28.